The number of β-amino-alcohol motifs (C(OH)–C–C–N with tert-alkyl or cyclic N) is 1. The molecule has 1 unspecified atom stereocenters. The summed E-state index contributed by atoms with van der Waals surface area (Å²) in [5.41, 5.74) is 1.97. The van der Waals surface area contributed by atoms with Crippen LogP contribution in [0.2, 0.25) is 10.0 Å². The van der Waals surface area contributed by atoms with Gasteiger partial charge in [0.1, 0.15) is 5.69 Å². The Kier molecular flexibility index (Phi) is 4.49. The van der Waals surface area contributed by atoms with Crippen LogP contribution in [0.15, 0.2) is 42.5 Å². The number of hydrogen-bond acceptors (Lipinski definition) is 3. The molecule has 130 valence electrons. The molecular weight excluding hydrogens is 375 g/mol. The van der Waals surface area contributed by atoms with Crippen molar-refractivity contribution in [2.45, 2.75) is 19.1 Å². The lowest BCUT2D eigenvalue weighted by Crippen LogP contribution is -2.41. The maximum atomic E-state index is 11.6. The zero-order valence-electron chi connectivity index (χ0n) is 13.9. The van der Waals surface area contributed by atoms with Crippen molar-refractivity contribution in [1.82, 2.24) is 0 Å². The fourth-order valence-corrected chi connectivity index (χ4v) is 4.97. The molecule has 0 radical (unpaired) electrons. The van der Waals surface area contributed by atoms with Crippen LogP contribution in [0.1, 0.15) is 17.5 Å². The normalized spacial score (nSPS) is 23.1. The molecule has 2 aliphatic heterocycles. The summed E-state index contributed by atoms with van der Waals surface area (Å²) in [6, 6.07) is 13.8. The van der Waals surface area contributed by atoms with E-state index in [1.807, 2.05) is 6.07 Å². The Balaban J connectivity index is 1.82. The van der Waals surface area contributed by atoms with Gasteiger partial charge >= 0.3 is 5.17 Å². The number of anilines is 1. The molecule has 0 aromatic heterocycles. The van der Waals surface area contributed by atoms with Crippen LogP contribution in [0.25, 0.3) is 0 Å². The lowest BCUT2D eigenvalue weighted by atomic mass is 10.0. The van der Waals surface area contributed by atoms with E-state index < -0.39 is 5.72 Å². The van der Waals surface area contributed by atoms with Crippen LogP contribution in [0.3, 0.4) is 0 Å². The number of aryl methyl sites for hydroxylation is 1. The van der Waals surface area contributed by atoms with Gasteiger partial charge in [-0.05, 0) is 54.9 Å². The summed E-state index contributed by atoms with van der Waals surface area (Å²) in [6.45, 7) is 3.37. The van der Waals surface area contributed by atoms with Gasteiger partial charge in [0.15, 0.2) is 6.54 Å². The first-order chi connectivity index (χ1) is 12.0. The smallest absolute Gasteiger partial charge is 0.316 e. The van der Waals surface area contributed by atoms with E-state index in [0.29, 0.717) is 16.6 Å². The van der Waals surface area contributed by atoms with Crippen molar-refractivity contribution in [2.75, 3.05) is 23.7 Å². The highest BCUT2D eigenvalue weighted by Crippen LogP contribution is 2.39. The van der Waals surface area contributed by atoms with Crippen LogP contribution < -0.4 is 4.90 Å². The molecule has 0 saturated carbocycles. The minimum Gasteiger partial charge on any atom is -0.346 e. The highest BCUT2D eigenvalue weighted by atomic mass is 35.5. The average molecular weight is 394 g/mol. The number of benzene rings is 2. The number of aliphatic hydroxyl groups is 1. The summed E-state index contributed by atoms with van der Waals surface area (Å²) in [6.07, 6.45) is 1.04. The number of hydrogen-bond donors (Lipinski definition) is 1. The Hall–Kier alpha value is -1.20. The molecule has 1 N–H and O–H groups in total. The molecule has 0 fully saturated rings. The maximum absolute atomic E-state index is 11.6. The average Bonchev–Trinajstić information content (AvgIpc) is 2.92. The quantitative estimate of drug-likeness (QED) is 0.762. The molecule has 25 heavy (non-hydrogen) atoms. The molecule has 3 nitrogen and oxygen atoms in total. The second kappa shape index (κ2) is 6.51. The monoisotopic (exact) mass is 393 g/mol. The van der Waals surface area contributed by atoms with Crippen molar-refractivity contribution in [3.63, 3.8) is 0 Å². The van der Waals surface area contributed by atoms with Gasteiger partial charge in [0.05, 0.1) is 16.6 Å². The molecule has 1 atom stereocenters. The van der Waals surface area contributed by atoms with Crippen LogP contribution in [-0.2, 0) is 5.72 Å². The lowest BCUT2D eigenvalue weighted by molar-refractivity contribution is -0.656. The minimum absolute atomic E-state index is 0.466. The van der Waals surface area contributed by atoms with Crippen molar-refractivity contribution in [3.05, 3.63) is 63.6 Å². The number of rotatable bonds is 2. The van der Waals surface area contributed by atoms with Gasteiger partial charge in [-0.3, -0.25) is 0 Å². The van der Waals surface area contributed by atoms with E-state index in [1.165, 1.54) is 5.56 Å². The van der Waals surface area contributed by atoms with Crippen molar-refractivity contribution < 1.29 is 9.68 Å². The lowest BCUT2D eigenvalue weighted by Gasteiger charge is -2.24. The fourth-order valence-electron chi connectivity index (χ4n) is 3.49. The molecule has 4 rings (SSSR count). The number of amidine groups is 1. The van der Waals surface area contributed by atoms with Gasteiger partial charge in [0.2, 0.25) is 0 Å². The van der Waals surface area contributed by atoms with E-state index in [1.54, 1.807) is 23.9 Å². The first kappa shape index (κ1) is 17.2. The van der Waals surface area contributed by atoms with Crippen LogP contribution in [-0.4, -0.2) is 33.7 Å². The van der Waals surface area contributed by atoms with Crippen LogP contribution >= 0.6 is 35.0 Å². The highest BCUT2D eigenvalue weighted by Gasteiger charge is 2.53. The van der Waals surface area contributed by atoms with Gasteiger partial charge < -0.3 is 5.11 Å². The third kappa shape index (κ3) is 2.95. The first-order valence-corrected chi connectivity index (χ1v) is 10.0. The first-order valence-electron chi connectivity index (χ1n) is 8.28. The molecular formula is C19H19Cl2N2OS+. The third-order valence-electron chi connectivity index (χ3n) is 4.74. The van der Waals surface area contributed by atoms with Gasteiger partial charge in [-0.1, -0.05) is 41.4 Å². The molecule has 2 aromatic rings. The summed E-state index contributed by atoms with van der Waals surface area (Å²) in [5.74, 6) is 1.06. The van der Waals surface area contributed by atoms with Crippen LogP contribution in [0.4, 0.5) is 5.69 Å². The number of thioether (sulfide) groups is 1. The topological polar surface area (TPSA) is 26.5 Å². The highest BCUT2D eigenvalue weighted by molar-refractivity contribution is 8.13. The van der Waals surface area contributed by atoms with Crippen molar-refractivity contribution in [1.29, 1.82) is 0 Å². The summed E-state index contributed by atoms with van der Waals surface area (Å²) in [4.78, 5) is 2.21. The van der Waals surface area contributed by atoms with Gasteiger partial charge in [-0.25, -0.2) is 9.48 Å². The fraction of sp³-hybridized carbons (Fsp3) is 0.316. The van der Waals surface area contributed by atoms with Crippen LogP contribution in [0.5, 0.6) is 0 Å². The van der Waals surface area contributed by atoms with E-state index in [9.17, 15) is 5.11 Å². The van der Waals surface area contributed by atoms with E-state index in [4.69, 9.17) is 23.2 Å². The van der Waals surface area contributed by atoms with Gasteiger partial charge in [-0.2, -0.15) is 0 Å². The SMILES string of the molecule is Cc1cccc(N2CC(O)(c3ccc(Cl)c(Cl)c3)[N+]3=C2SCCC3)c1. The van der Waals surface area contributed by atoms with Crippen LogP contribution in [0, 0.1) is 6.92 Å². The molecule has 0 aliphatic carbocycles. The summed E-state index contributed by atoms with van der Waals surface area (Å²) < 4.78 is 2.10. The molecule has 2 heterocycles. The maximum Gasteiger partial charge on any atom is 0.316 e. The van der Waals surface area contributed by atoms with Crippen molar-refractivity contribution in [3.8, 4) is 0 Å². The predicted octanol–water partition coefficient (Wildman–Crippen LogP) is 4.47. The van der Waals surface area contributed by atoms with Gasteiger partial charge in [0, 0.05) is 11.3 Å². The number of halogens is 2. The zero-order chi connectivity index (χ0) is 17.6. The Morgan fingerprint density at radius 2 is 2.00 bits per heavy atom. The van der Waals surface area contributed by atoms with E-state index in [-0.39, 0.29) is 0 Å². The Morgan fingerprint density at radius 3 is 2.76 bits per heavy atom. The Morgan fingerprint density at radius 1 is 1.16 bits per heavy atom. The number of nitrogens with zero attached hydrogens (tertiary/aromatic N) is 2. The summed E-state index contributed by atoms with van der Waals surface area (Å²) in [5, 5.41) is 13.7. The van der Waals surface area contributed by atoms with E-state index >= 15 is 0 Å². The van der Waals surface area contributed by atoms with Crippen molar-refractivity contribution >= 4 is 45.8 Å². The molecule has 2 aromatic carbocycles. The predicted molar refractivity (Wildman–Crippen MR) is 106 cm³/mol. The standard InChI is InChI=1S/C19H19Cl2N2OS/c1-13-4-2-5-15(10-13)22-12-19(24,23-8-3-9-25-18(22)23)14-6-7-16(20)17(21)11-14/h2,4-7,10-11,24H,3,8-9,12H2,1H3/q+1. The van der Waals surface area contributed by atoms with Crippen molar-refractivity contribution in [2.24, 2.45) is 0 Å². The van der Waals surface area contributed by atoms with E-state index in [2.05, 4.69) is 40.7 Å². The second-order valence-electron chi connectivity index (χ2n) is 6.51. The molecule has 0 saturated heterocycles. The second-order valence-corrected chi connectivity index (χ2v) is 8.38. The molecule has 0 spiro atoms. The molecule has 2 aliphatic rings. The molecule has 0 bridgehead atoms. The summed E-state index contributed by atoms with van der Waals surface area (Å²) >= 11 is 14.1. The van der Waals surface area contributed by atoms with E-state index in [0.717, 1.165) is 35.1 Å². The largest absolute Gasteiger partial charge is 0.346 e. The summed E-state index contributed by atoms with van der Waals surface area (Å²) in [7, 11) is 0. The Bertz CT molecular complexity index is 870. The van der Waals surface area contributed by atoms with Gasteiger partial charge in [0.25, 0.3) is 5.72 Å². The zero-order valence-corrected chi connectivity index (χ0v) is 16.2. The third-order valence-corrected chi connectivity index (χ3v) is 6.67. The van der Waals surface area contributed by atoms with Gasteiger partial charge in [-0.15, -0.1) is 0 Å². The molecule has 6 heteroatoms. The minimum atomic E-state index is -1.11. The Labute approximate surface area is 161 Å². The molecule has 0 amide bonds.